The molecule has 0 N–H and O–H groups in total. The standard InChI is InChI=1S/C13H16F3NO3S/c1-9(2)17(8-13(14,15)16)21(19,20)12-6-4-11(5-7-12)10(3)18/h4-7,9H,8H2,1-3H3. The van der Waals surface area contributed by atoms with E-state index in [0.717, 1.165) is 12.1 Å². The number of nitrogens with zero attached hydrogens (tertiary/aromatic N) is 1. The molecular formula is C13H16F3NO3S. The van der Waals surface area contributed by atoms with Crippen molar-refractivity contribution in [1.29, 1.82) is 0 Å². The fourth-order valence-electron chi connectivity index (χ4n) is 1.72. The van der Waals surface area contributed by atoms with E-state index < -0.39 is 28.8 Å². The molecule has 0 unspecified atom stereocenters. The van der Waals surface area contributed by atoms with Gasteiger partial charge in [-0.15, -0.1) is 0 Å². The van der Waals surface area contributed by atoms with Gasteiger partial charge in [-0.1, -0.05) is 12.1 Å². The molecule has 0 aromatic heterocycles. The molecular weight excluding hydrogens is 307 g/mol. The third kappa shape index (κ3) is 4.53. The van der Waals surface area contributed by atoms with Crippen LogP contribution in [-0.2, 0) is 10.0 Å². The second-order valence-electron chi connectivity index (χ2n) is 4.84. The average Bonchev–Trinajstić information content (AvgIpc) is 2.34. The average molecular weight is 323 g/mol. The van der Waals surface area contributed by atoms with Crippen LogP contribution in [0.15, 0.2) is 29.2 Å². The summed E-state index contributed by atoms with van der Waals surface area (Å²) in [5, 5.41) is 0. The van der Waals surface area contributed by atoms with Crippen molar-refractivity contribution in [1.82, 2.24) is 4.31 Å². The van der Waals surface area contributed by atoms with Gasteiger partial charge in [0.1, 0.15) is 6.54 Å². The molecule has 0 amide bonds. The number of alkyl halides is 3. The molecule has 8 heteroatoms. The SMILES string of the molecule is CC(=O)c1ccc(S(=O)(=O)N(CC(F)(F)F)C(C)C)cc1. The highest BCUT2D eigenvalue weighted by Gasteiger charge is 2.38. The number of benzene rings is 1. The number of rotatable bonds is 5. The zero-order valence-electron chi connectivity index (χ0n) is 11.8. The molecule has 0 heterocycles. The third-order valence-electron chi connectivity index (χ3n) is 2.78. The number of hydrogen-bond donors (Lipinski definition) is 0. The summed E-state index contributed by atoms with van der Waals surface area (Å²) in [6.45, 7) is 2.50. The molecule has 0 radical (unpaired) electrons. The molecule has 0 saturated heterocycles. The Morgan fingerprint density at radius 3 is 2.00 bits per heavy atom. The molecule has 0 aliphatic heterocycles. The summed E-state index contributed by atoms with van der Waals surface area (Å²) < 4.78 is 62.5. The fraction of sp³-hybridized carbons (Fsp3) is 0.462. The maximum absolute atomic E-state index is 12.5. The van der Waals surface area contributed by atoms with E-state index in [0.29, 0.717) is 9.87 Å². The van der Waals surface area contributed by atoms with Gasteiger partial charge in [0, 0.05) is 11.6 Å². The molecule has 0 bridgehead atoms. The van der Waals surface area contributed by atoms with Gasteiger partial charge >= 0.3 is 6.18 Å². The van der Waals surface area contributed by atoms with Gasteiger partial charge in [-0.25, -0.2) is 8.42 Å². The van der Waals surface area contributed by atoms with Gasteiger partial charge in [0.15, 0.2) is 5.78 Å². The first kappa shape index (κ1) is 17.6. The lowest BCUT2D eigenvalue weighted by Gasteiger charge is -2.26. The normalized spacial score (nSPS) is 13.0. The second-order valence-corrected chi connectivity index (χ2v) is 6.73. The van der Waals surface area contributed by atoms with Gasteiger partial charge in [-0.05, 0) is 32.9 Å². The van der Waals surface area contributed by atoms with E-state index in [1.54, 1.807) is 0 Å². The summed E-state index contributed by atoms with van der Waals surface area (Å²) >= 11 is 0. The quantitative estimate of drug-likeness (QED) is 0.783. The highest BCUT2D eigenvalue weighted by Crippen LogP contribution is 2.24. The number of sulfonamides is 1. The van der Waals surface area contributed by atoms with Crippen LogP contribution in [0.3, 0.4) is 0 Å². The van der Waals surface area contributed by atoms with Crippen LogP contribution in [0.5, 0.6) is 0 Å². The summed E-state index contributed by atoms with van der Waals surface area (Å²) in [6.07, 6.45) is -4.63. The Morgan fingerprint density at radius 1 is 1.19 bits per heavy atom. The Bertz CT molecular complexity index is 607. The van der Waals surface area contributed by atoms with Crippen molar-refractivity contribution in [3.63, 3.8) is 0 Å². The van der Waals surface area contributed by atoms with Crippen LogP contribution >= 0.6 is 0 Å². The maximum atomic E-state index is 12.5. The predicted octanol–water partition coefficient (Wildman–Crippen LogP) is 2.85. The molecule has 1 rings (SSSR count). The minimum Gasteiger partial charge on any atom is -0.295 e. The summed E-state index contributed by atoms with van der Waals surface area (Å²) in [4.78, 5) is 10.9. The first-order valence-electron chi connectivity index (χ1n) is 6.15. The van der Waals surface area contributed by atoms with E-state index in [1.807, 2.05) is 0 Å². The van der Waals surface area contributed by atoms with Crippen molar-refractivity contribution in [2.75, 3.05) is 6.54 Å². The number of ketones is 1. The summed E-state index contributed by atoms with van der Waals surface area (Å²) in [7, 11) is -4.27. The number of carbonyl (C=O) groups excluding carboxylic acids is 1. The zero-order valence-corrected chi connectivity index (χ0v) is 12.6. The largest absolute Gasteiger partial charge is 0.402 e. The molecule has 0 atom stereocenters. The number of Topliss-reactive ketones (excluding diaryl/α,β-unsaturated/α-hetero) is 1. The molecule has 0 aliphatic carbocycles. The van der Waals surface area contributed by atoms with E-state index in [9.17, 15) is 26.4 Å². The van der Waals surface area contributed by atoms with Crippen LogP contribution in [0.4, 0.5) is 13.2 Å². The van der Waals surface area contributed by atoms with Crippen LogP contribution < -0.4 is 0 Å². The molecule has 0 aliphatic rings. The van der Waals surface area contributed by atoms with Crippen molar-refractivity contribution in [2.45, 2.75) is 37.9 Å². The number of carbonyl (C=O) groups is 1. The van der Waals surface area contributed by atoms with Crippen molar-refractivity contribution in [2.24, 2.45) is 0 Å². The van der Waals surface area contributed by atoms with E-state index in [2.05, 4.69) is 0 Å². The summed E-state index contributed by atoms with van der Waals surface area (Å²) in [5.74, 6) is -0.255. The van der Waals surface area contributed by atoms with E-state index in [-0.39, 0.29) is 10.7 Å². The van der Waals surface area contributed by atoms with Crippen molar-refractivity contribution in [3.05, 3.63) is 29.8 Å². The van der Waals surface area contributed by atoms with Crippen LogP contribution in [0.1, 0.15) is 31.1 Å². The third-order valence-corrected chi connectivity index (χ3v) is 4.81. The highest BCUT2D eigenvalue weighted by atomic mass is 32.2. The second kappa shape index (κ2) is 6.15. The van der Waals surface area contributed by atoms with Gasteiger partial charge in [0.25, 0.3) is 0 Å². The molecule has 1 aromatic carbocycles. The maximum Gasteiger partial charge on any atom is 0.402 e. The van der Waals surface area contributed by atoms with Gasteiger partial charge in [-0.2, -0.15) is 17.5 Å². The molecule has 1 aromatic rings. The highest BCUT2D eigenvalue weighted by molar-refractivity contribution is 7.89. The van der Waals surface area contributed by atoms with Crippen LogP contribution in [0.25, 0.3) is 0 Å². The van der Waals surface area contributed by atoms with Crippen LogP contribution in [0.2, 0.25) is 0 Å². The number of hydrogen-bond acceptors (Lipinski definition) is 3. The summed E-state index contributed by atoms with van der Waals surface area (Å²) in [6, 6.07) is 3.99. The molecule has 0 spiro atoms. The molecule has 0 fully saturated rings. The van der Waals surface area contributed by atoms with E-state index in [1.165, 1.54) is 32.9 Å². The fourth-order valence-corrected chi connectivity index (χ4v) is 3.34. The smallest absolute Gasteiger partial charge is 0.295 e. The van der Waals surface area contributed by atoms with Crippen LogP contribution in [-0.4, -0.2) is 37.3 Å². The van der Waals surface area contributed by atoms with Crippen molar-refractivity contribution in [3.8, 4) is 0 Å². The van der Waals surface area contributed by atoms with Crippen molar-refractivity contribution < 1.29 is 26.4 Å². The summed E-state index contributed by atoms with van der Waals surface area (Å²) in [5.41, 5.74) is 0.292. The minimum atomic E-state index is -4.63. The Kier molecular flexibility index (Phi) is 5.16. The van der Waals surface area contributed by atoms with Gasteiger partial charge in [0.05, 0.1) is 4.90 Å². The van der Waals surface area contributed by atoms with Gasteiger partial charge < -0.3 is 0 Å². The topological polar surface area (TPSA) is 54.5 Å². The van der Waals surface area contributed by atoms with Gasteiger partial charge in [-0.3, -0.25) is 4.79 Å². The zero-order chi connectivity index (χ0) is 16.4. The molecule has 4 nitrogen and oxygen atoms in total. The lowest BCUT2D eigenvalue weighted by Crippen LogP contribution is -2.43. The Labute approximate surface area is 121 Å². The number of halogens is 3. The first-order valence-corrected chi connectivity index (χ1v) is 7.59. The molecule has 0 saturated carbocycles. The lowest BCUT2D eigenvalue weighted by molar-refractivity contribution is -0.138. The molecule has 118 valence electrons. The molecule has 21 heavy (non-hydrogen) atoms. The van der Waals surface area contributed by atoms with Crippen molar-refractivity contribution >= 4 is 15.8 Å². The van der Waals surface area contributed by atoms with E-state index in [4.69, 9.17) is 0 Å². The monoisotopic (exact) mass is 323 g/mol. The Balaban J connectivity index is 3.20. The predicted molar refractivity (Wildman–Crippen MR) is 71.5 cm³/mol. The first-order chi connectivity index (χ1) is 9.45. The van der Waals surface area contributed by atoms with E-state index >= 15 is 0 Å². The minimum absolute atomic E-state index is 0.255. The Hall–Kier alpha value is -1.41. The van der Waals surface area contributed by atoms with Crippen LogP contribution in [0, 0.1) is 0 Å². The Morgan fingerprint density at radius 2 is 1.67 bits per heavy atom. The van der Waals surface area contributed by atoms with Gasteiger partial charge in [0.2, 0.25) is 10.0 Å². The lowest BCUT2D eigenvalue weighted by atomic mass is 10.2.